The Morgan fingerprint density at radius 2 is 2.22 bits per heavy atom. The molecule has 1 rings (SSSR count). The molecule has 1 atom stereocenters. The summed E-state index contributed by atoms with van der Waals surface area (Å²) >= 11 is 0. The second-order valence-corrected chi connectivity index (χ2v) is 3.01. The zero-order valence-corrected chi connectivity index (χ0v) is 6.48. The Morgan fingerprint density at radius 3 is 2.67 bits per heavy atom. The van der Waals surface area contributed by atoms with Crippen LogP contribution in [0.5, 0.6) is 0 Å². The van der Waals surface area contributed by atoms with E-state index in [9.17, 15) is 0 Å². The van der Waals surface area contributed by atoms with Crippen molar-refractivity contribution in [1.29, 1.82) is 0 Å². The molecule has 0 aromatic heterocycles. The molecule has 0 heteroatoms. The van der Waals surface area contributed by atoms with Crippen LogP contribution >= 0.6 is 0 Å². The summed E-state index contributed by atoms with van der Waals surface area (Å²) in [5.41, 5.74) is 1.68. The number of hydrogen-bond donors (Lipinski definition) is 0. The average molecular weight is 124 g/mol. The number of allylic oxidation sites excluding steroid dienone is 2. The van der Waals surface area contributed by atoms with E-state index in [1.807, 2.05) is 0 Å². The Hall–Kier alpha value is -0.260. The highest BCUT2D eigenvalue weighted by Crippen LogP contribution is 2.28. The molecule has 0 aromatic rings. The Kier molecular flexibility index (Phi) is 2.32. The van der Waals surface area contributed by atoms with Crippen LogP contribution < -0.4 is 0 Å². The van der Waals surface area contributed by atoms with Gasteiger partial charge < -0.3 is 0 Å². The van der Waals surface area contributed by atoms with Gasteiger partial charge in [-0.1, -0.05) is 25.0 Å². The molecule has 1 aliphatic rings. The zero-order chi connectivity index (χ0) is 6.69. The van der Waals surface area contributed by atoms with Crippen molar-refractivity contribution in [1.82, 2.24) is 0 Å². The summed E-state index contributed by atoms with van der Waals surface area (Å²) in [4.78, 5) is 0. The fourth-order valence-electron chi connectivity index (χ4n) is 1.64. The normalized spacial score (nSPS) is 33.1. The van der Waals surface area contributed by atoms with Gasteiger partial charge in [0.25, 0.3) is 0 Å². The van der Waals surface area contributed by atoms with Gasteiger partial charge in [-0.25, -0.2) is 0 Å². The Labute approximate surface area is 58.0 Å². The summed E-state index contributed by atoms with van der Waals surface area (Å²) in [6, 6.07) is 0. The van der Waals surface area contributed by atoms with Crippen LogP contribution in [0.1, 0.15) is 39.5 Å². The van der Waals surface area contributed by atoms with Crippen LogP contribution in [0.2, 0.25) is 0 Å². The maximum absolute atomic E-state index is 2.34. The monoisotopic (exact) mass is 124 g/mol. The van der Waals surface area contributed by atoms with E-state index in [0.717, 1.165) is 5.92 Å². The van der Waals surface area contributed by atoms with Crippen LogP contribution in [-0.2, 0) is 0 Å². The summed E-state index contributed by atoms with van der Waals surface area (Å²) in [5.74, 6) is 0.878. The highest BCUT2D eigenvalue weighted by atomic mass is 14.2. The zero-order valence-electron chi connectivity index (χ0n) is 6.48. The summed E-state index contributed by atoms with van der Waals surface area (Å²) in [7, 11) is 0. The van der Waals surface area contributed by atoms with Crippen molar-refractivity contribution in [2.24, 2.45) is 5.92 Å². The molecule has 0 saturated heterocycles. The average Bonchev–Trinajstić information content (AvgIpc) is 1.89. The van der Waals surface area contributed by atoms with Crippen molar-refractivity contribution >= 4 is 0 Å². The quantitative estimate of drug-likeness (QED) is 0.435. The molecule has 52 valence electrons. The van der Waals surface area contributed by atoms with Crippen LogP contribution in [-0.4, -0.2) is 0 Å². The molecule has 0 nitrogen and oxygen atoms in total. The standard InChI is InChI=1S/C9H16/c1-3-9-7-5-4-6-8(9)2/h3,8H,4-7H2,1-2H3. The lowest BCUT2D eigenvalue weighted by Crippen LogP contribution is -2.05. The molecule has 0 bridgehead atoms. The number of hydrogen-bond acceptors (Lipinski definition) is 0. The topological polar surface area (TPSA) is 0 Å². The summed E-state index contributed by atoms with van der Waals surface area (Å²) in [5, 5.41) is 0. The van der Waals surface area contributed by atoms with E-state index in [2.05, 4.69) is 19.9 Å². The maximum Gasteiger partial charge on any atom is -0.0232 e. The lowest BCUT2D eigenvalue weighted by Gasteiger charge is -2.20. The fraction of sp³-hybridized carbons (Fsp3) is 0.778. The molecule has 0 aromatic carbocycles. The number of rotatable bonds is 0. The lowest BCUT2D eigenvalue weighted by atomic mass is 9.86. The summed E-state index contributed by atoms with van der Waals surface area (Å²) in [6.45, 7) is 4.51. The lowest BCUT2D eigenvalue weighted by molar-refractivity contribution is 0.483. The molecule has 1 saturated carbocycles. The van der Waals surface area contributed by atoms with E-state index < -0.39 is 0 Å². The van der Waals surface area contributed by atoms with E-state index in [0.29, 0.717) is 0 Å². The minimum atomic E-state index is 0.878. The molecule has 0 spiro atoms. The van der Waals surface area contributed by atoms with Crippen LogP contribution in [0.3, 0.4) is 0 Å². The van der Waals surface area contributed by atoms with Crippen LogP contribution in [0.15, 0.2) is 11.6 Å². The third kappa shape index (κ3) is 1.57. The Bertz CT molecular complexity index is 111. The van der Waals surface area contributed by atoms with Gasteiger partial charge in [0, 0.05) is 0 Å². The highest BCUT2D eigenvalue weighted by Gasteiger charge is 2.11. The minimum Gasteiger partial charge on any atom is -0.0882 e. The predicted molar refractivity (Wildman–Crippen MR) is 41.4 cm³/mol. The van der Waals surface area contributed by atoms with Crippen molar-refractivity contribution in [2.75, 3.05) is 0 Å². The Balaban J connectivity index is 2.49. The summed E-state index contributed by atoms with van der Waals surface area (Å²) < 4.78 is 0. The first kappa shape index (κ1) is 6.85. The van der Waals surface area contributed by atoms with E-state index in [4.69, 9.17) is 0 Å². The molecule has 1 fully saturated rings. The van der Waals surface area contributed by atoms with Gasteiger partial charge in [-0.05, 0) is 32.1 Å². The molecular weight excluding hydrogens is 108 g/mol. The SMILES string of the molecule is CC=C1CCCCC1C. The molecule has 0 N–H and O–H groups in total. The van der Waals surface area contributed by atoms with Crippen LogP contribution in [0.4, 0.5) is 0 Å². The van der Waals surface area contributed by atoms with E-state index in [-0.39, 0.29) is 0 Å². The van der Waals surface area contributed by atoms with Gasteiger partial charge in [0.15, 0.2) is 0 Å². The van der Waals surface area contributed by atoms with E-state index in [1.54, 1.807) is 5.57 Å². The van der Waals surface area contributed by atoms with Gasteiger partial charge in [0.05, 0.1) is 0 Å². The van der Waals surface area contributed by atoms with Crippen molar-refractivity contribution in [2.45, 2.75) is 39.5 Å². The molecule has 0 aliphatic heterocycles. The first-order chi connectivity index (χ1) is 4.34. The first-order valence-electron chi connectivity index (χ1n) is 3.99. The molecule has 0 amide bonds. The fourth-order valence-corrected chi connectivity index (χ4v) is 1.64. The second-order valence-electron chi connectivity index (χ2n) is 3.01. The van der Waals surface area contributed by atoms with Gasteiger partial charge in [0.1, 0.15) is 0 Å². The molecule has 1 unspecified atom stereocenters. The van der Waals surface area contributed by atoms with Gasteiger partial charge in [-0.2, -0.15) is 0 Å². The Morgan fingerprint density at radius 1 is 1.44 bits per heavy atom. The van der Waals surface area contributed by atoms with Crippen LogP contribution in [0.25, 0.3) is 0 Å². The molecule has 0 radical (unpaired) electrons. The third-order valence-electron chi connectivity index (χ3n) is 2.36. The largest absolute Gasteiger partial charge is 0.0882 e. The van der Waals surface area contributed by atoms with Crippen molar-refractivity contribution in [3.63, 3.8) is 0 Å². The maximum atomic E-state index is 2.34. The van der Waals surface area contributed by atoms with E-state index in [1.165, 1.54) is 25.7 Å². The third-order valence-corrected chi connectivity index (χ3v) is 2.36. The smallest absolute Gasteiger partial charge is 0.0232 e. The van der Waals surface area contributed by atoms with Gasteiger partial charge in [-0.15, -0.1) is 0 Å². The van der Waals surface area contributed by atoms with Crippen molar-refractivity contribution in [3.8, 4) is 0 Å². The van der Waals surface area contributed by atoms with Gasteiger partial charge >= 0.3 is 0 Å². The van der Waals surface area contributed by atoms with Gasteiger partial charge in [-0.3, -0.25) is 0 Å². The molecular formula is C9H16. The molecule has 0 heterocycles. The first-order valence-corrected chi connectivity index (χ1v) is 3.99. The molecule has 9 heavy (non-hydrogen) atoms. The second kappa shape index (κ2) is 3.05. The predicted octanol–water partition coefficient (Wildman–Crippen LogP) is 3.14. The van der Waals surface area contributed by atoms with Crippen LogP contribution in [0, 0.1) is 5.92 Å². The highest BCUT2D eigenvalue weighted by molar-refractivity contribution is 5.06. The van der Waals surface area contributed by atoms with Crippen molar-refractivity contribution < 1.29 is 0 Å². The van der Waals surface area contributed by atoms with Gasteiger partial charge in [0.2, 0.25) is 0 Å². The molecule has 1 aliphatic carbocycles. The van der Waals surface area contributed by atoms with Crippen molar-refractivity contribution in [3.05, 3.63) is 11.6 Å². The van der Waals surface area contributed by atoms with E-state index >= 15 is 0 Å². The minimum absolute atomic E-state index is 0.878. The summed E-state index contributed by atoms with van der Waals surface area (Å²) in [6.07, 6.45) is 7.93.